The molecule has 0 bridgehead atoms. The molecule has 4 heterocycles. The van der Waals surface area contributed by atoms with Gasteiger partial charge in [0.05, 0.1) is 34.2 Å². The van der Waals surface area contributed by atoms with Crippen molar-refractivity contribution in [2.45, 2.75) is 39.3 Å². The zero-order valence-electron chi connectivity index (χ0n) is 15.9. The third-order valence-electron chi connectivity index (χ3n) is 6.15. The Balaban J connectivity index is 1.48. The van der Waals surface area contributed by atoms with Crippen LogP contribution in [0.15, 0.2) is 0 Å². The summed E-state index contributed by atoms with van der Waals surface area (Å²) in [5.74, 6) is 0.0467. The molecule has 150 valence electrons. The van der Waals surface area contributed by atoms with E-state index >= 15 is 0 Å². The number of sulfone groups is 1. The van der Waals surface area contributed by atoms with Crippen molar-refractivity contribution < 1.29 is 17.9 Å². The fourth-order valence-corrected chi connectivity index (χ4v) is 6.99. The van der Waals surface area contributed by atoms with Crippen molar-refractivity contribution in [1.29, 1.82) is 0 Å². The second-order valence-corrected chi connectivity index (χ2v) is 11.7. The zero-order valence-corrected chi connectivity index (χ0v) is 17.5. The van der Waals surface area contributed by atoms with Crippen molar-refractivity contribution in [3.8, 4) is 0 Å². The maximum absolute atomic E-state index is 13.0. The van der Waals surface area contributed by atoms with E-state index in [1.807, 2.05) is 13.8 Å². The number of aromatic nitrogens is 1. The van der Waals surface area contributed by atoms with E-state index in [1.165, 1.54) is 4.88 Å². The van der Waals surface area contributed by atoms with Crippen LogP contribution in [0, 0.1) is 25.2 Å². The monoisotopic (exact) mass is 413 g/mol. The Morgan fingerprint density at radius 2 is 2.04 bits per heavy atom. The molecule has 1 N–H and O–H groups in total. The van der Waals surface area contributed by atoms with E-state index in [-0.39, 0.29) is 34.8 Å². The van der Waals surface area contributed by atoms with E-state index in [1.54, 1.807) is 11.3 Å². The summed E-state index contributed by atoms with van der Waals surface area (Å²) in [4.78, 5) is 21.2. The lowest BCUT2D eigenvalue weighted by atomic mass is 9.71. The molecule has 4 rings (SSSR count). The van der Waals surface area contributed by atoms with Gasteiger partial charge in [0, 0.05) is 43.1 Å². The molecule has 0 saturated carbocycles. The van der Waals surface area contributed by atoms with Crippen LogP contribution in [0.4, 0.5) is 0 Å². The number of carbonyl (C=O) groups excluding carboxylic acids is 1. The number of thiazole rings is 1. The molecular weight excluding hydrogens is 386 g/mol. The van der Waals surface area contributed by atoms with Crippen LogP contribution in [0.25, 0.3) is 0 Å². The van der Waals surface area contributed by atoms with E-state index in [4.69, 9.17) is 4.74 Å². The zero-order chi connectivity index (χ0) is 19.2. The summed E-state index contributed by atoms with van der Waals surface area (Å²) in [6.07, 6.45) is 1.76. The van der Waals surface area contributed by atoms with E-state index < -0.39 is 9.84 Å². The Hall–Kier alpha value is -1.03. The van der Waals surface area contributed by atoms with Crippen molar-refractivity contribution in [3.05, 3.63) is 15.6 Å². The quantitative estimate of drug-likeness (QED) is 0.789. The van der Waals surface area contributed by atoms with Crippen molar-refractivity contribution in [2.75, 3.05) is 37.8 Å². The van der Waals surface area contributed by atoms with Crippen LogP contribution >= 0.6 is 11.3 Å². The number of nitrogens with one attached hydrogen (secondary N) is 1. The number of aryl methyl sites for hydroxylation is 2. The normalized spacial score (nSPS) is 27.6. The van der Waals surface area contributed by atoms with E-state index in [2.05, 4.69) is 15.2 Å². The number of ether oxygens (including phenoxy) is 1. The van der Waals surface area contributed by atoms with E-state index in [0.29, 0.717) is 19.8 Å². The molecule has 1 aromatic heterocycles. The highest BCUT2D eigenvalue weighted by atomic mass is 32.2. The molecule has 0 aliphatic carbocycles. The summed E-state index contributed by atoms with van der Waals surface area (Å²) >= 11 is 1.72. The first-order valence-corrected chi connectivity index (χ1v) is 12.1. The molecule has 3 fully saturated rings. The number of hydrogen-bond donors (Lipinski definition) is 1. The predicted octanol–water partition coefficient (Wildman–Crippen LogP) is 0.902. The van der Waals surface area contributed by atoms with Gasteiger partial charge in [0.15, 0.2) is 9.84 Å². The van der Waals surface area contributed by atoms with Crippen molar-refractivity contribution >= 4 is 27.1 Å². The summed E-state index contributed by atoms with van der Waals surface area (Å²) in [7, 11) is -2.94. The minimum Gasteiger partial charge on any atom is -0.381 e. The number of carbonyl (C=O) groups is 1. The van der Waals surface area contributed by atoms with Gasteiger partial charge in [-0.1, -0.05) is 0 Å². The minimum absolute atomic E-state index is 0.0107. The largest absolute Gasteiger partial charge is 0.381 e. The Bertz CT molecular complexity index is 818. The SMILES string of the molecule is Cc1nc(C)c(CN2C[C@@H](C(=O)NC3CS(=O)(=O)C3)C3(CCOCC3)C2)s1. The Morgan fingerprint density at radius 1 is 1.33 bits per heavy atom. The van der Waals surface area contributed by atoms with Crippen LogP contribution in [0.5, 0.6) is 0 Å². The molecule has 3 aliphatic heterocycles. The smallest absolute Gasteiger partial charge is 0.225 e. The lowest BCUT2D eigenvalue weighted by Crippen LogP contribution is -2.56. The van der Waals surface area contributed by atoms with Crippen LogP contribution in [0.3, 0.4) is 0 Å². The topological polar surface area (TPSA) is 88.6 Å². The van der Waals surface area contributed by atoms with Crippen LogP contribution in [-0.2, 0) is 25.9 Å². The van der Waals surface area contributed by atoms with Gasteiger partial charge in [-0.3, -0.25) is 9.69 Å². The van der Waals surface area contributed by atoms with E-state index in [9.17, 15) is 13.2 Å². The molecule has 3 aliphatic rings. The molecule has 3 saturated heterocycles. The van der Waals surface area contributed by atoms with Gasteiger partial charge in [0.2, 0.25) is 5.91 Å². The van der Waals surface area contributed by atoms with Gasteiger partial charge in [-0.2, -0.15) is 0 Å². The van der Waals surface area contributed by atoms with Crippen molar-refractivity contribution in [3.63, 3.8) is 0 Å². The fraction of sp³-hybridized carbons (Fsp3) is 0.778. The van der Waals surface area contributed by atoms with Gasteiger partial charge in [-0.25, -0.2) is 13.4 Å². The third kappa shape index (κ3) is 3.92. The molecule has 9 heteroatoms. The molecule has 7 nitrogen and oxygen atoms in total. The van der Waals surface area contributed by atoms with Crippen LogP contribution in [-0.4, -0.2) is 68.1 Å². The molecular formula is C18H27N3O4S2. The highest BCUT2D eigenvalue weighted by Gasteiger charge is 2.51. The number of hydrogen-bond acceptors (Lipinski definition) is 7. The molecule has 27 heavy (non-hydrogen) atoms. The second-order valence-electron chi connectivity index (χ2n) is 8.22. The summed E-state index contributed by atoms with van der Waals surface area (Å²) in [5, 5.41) is 4.06. The maximum Gasteiger partial charge on any atom is 0.225 e. The predicted molar refractivity (Wildman–Crippen MR) is 103 cm³/mol. The lowest BCUT2D eigenvalue weighted by Gasteiger charge is -2.38. The highest BCUT2D eigenvalue weighted by molar-refractivity contribution is 7.92. The Labute approximate surface area is 164 Å². The summed E-state index contributed by atoms with van der Waals surface area (Å²) < 4.78 is 28.4. The number of likely N-dealkylation sites (tertiary alicyclic amines) is 1. The lowest BCUT2D eigenvalue weighted by molar-refractivity contribution is -0.130. The summed E-state index contributed by atoms with van der Waals surface area (Å²) in [6, 6.07) is -0.222. The van der Waals surface area contributed by atoms with Crippen LogP contribution in [0.2, 0.25) is 0 Å². The number of amides is 1. The van der Waals surface area contributed by atoms with Gasteiger partial charge >= 0.3 is 0 Å². The van der Waals surface area contributed by atoms with Crippen molar-refractivity contribution in [2.24, 2.45) is 11.3 Å². The molecule has 1 aromatic rings. The molecule has 0 aromatic carbocycles. The third-order valence-corrected chi connectivity index (χ3v) is 9.03. The van der Waals surface area contributed by atoms with Gasteiger partial charge in [-0.05, 0) is 26.7 Å². The Kier molecular flexibility index (Phi) is 5.07. The maximum atomic E-state index is 13.0. The molecule has 0 unspecified atom stereocenters. The van der Waals surface area contributed by atoms with Gasteiger partial charge in [-0.15, -0.1) is 11.3 Å². The average Bonchev–Trinajstić information content (AvgIpc) is 3.06. The number of nitrogens with zero attached hydrogens (tertiary/aromatic N) is 2. The summed E-state index contributed by atoms with van der Waals surface area (Å²) in [6.45, 7) is 7.85. The van der Waals surface area contributed by atoms with E-state index in [0.717, 1.165) is 36.6 Å². The first-order chi connectivity index (χ1) is 12.8. The minimum atomic E-state index is -2.94. The first kappa shape index (κ1) is 19.3. The Morgan fingerprint density at radius 3 is 2.63 bits per heavy atom. The highest BCUT2D eigenvalue weighted by Crippen LogP contribution is 2.45. The molecule has 1 spiro atoms. The molecule has 0 radical (unpaired) electrons. The van der Waals surface area contributed by atoms with Gasteiger partial charge in [0.25, 0.3) is 0 Å². The average molecular weight is 414 g/mol. The second kappa shape index (κ2) is 7.09. The van der Waals surface area contributed by atoms with Gasteiger partial charge < -0.3 is 10.1 Å². The van der Waals surface area contributed by atoms with Crippen LogP contribution in [0.1, 0.15) is 28.4 Å². The van der Waals surface area contributed by atoms with Crippen LogP contribution < -0.4 is 5.32 Å². The number of rotatable bonds is 4. The first-order valence-electron chi connectivity index (χ1n) is 9.50. The molecule has 1 amide bonds. The fourth-order valence-electron chi connectivity index (χ4n) is 4.71. The van der Waals surface area contributed by atoms with Gasteiger partial charge in [0.1, 0.15) is 0 Å². The molecule has 1 atom stereocenters. The standard InChI is InChI=1S/C18H27N3O4S2/c1-12-16(26-13(2)19-12)8-21-7-15(18(11-21)3-5-25-6-4-18)17(22)20-14-9-27(23,24)10-14/h14-15H,3-11H2,1-2H3,(H,20,22)/t15-/m0/s1. The summed E-state index contributed by atoms with van der Waals surface area (Å²) in [5.41, 5.74) is 1.00. The van der Waals surface area contributed by atoms with Crippen molar-refractivity contribution in [1.82, 2.24) is 15.2 Å².